The predicted octanol–water partition coefficient (Wildman–Crippen LogP) is 5.87. The van der Waals surface area contributed by atoms with Crippen LogP contribution < -0.4 is 4.74 Å². The Hall–Kier alpha value is -4.20. The Bertz CT molecular complexity index is 1360. The van der Waals surface area contributed by atoms with Crippen LogP contribution in [-0.4, -0.2) is 27.8 Å². The highest BCUT2D eigenvalue weighted by atomic mass is 16.6. The molecule has 3 aromatic carbocycles. The molecule has 4 rings (SSSR count). The SMILES string of the molecule is CCOc1cc([N+](=O)[O-])cc(C=Nc2cccc(-c3nc4cc(C)ccc4o3)c2C)c1O. The number of nitro groups is 1. The molecule has 4 aromatic rings. The molecule has 0 aliphatic heterocycles. The maximum atomic E-state index is 11.3. The van der Waals surface area contributed by atoms with Crippen molar-refractivity contribution >= 4 is 28.7 Å². The van der Waals surface area contributed by atoms with E-state index in [4.69, 9.17) is 9.15 Å². The minimum atomic E-state index is -0.542. The van der Waals surface area contributed by atoms with Crippen molar-refractivity contribution < 1.29 is 19.2 Å². The van der Waals surface area contributed by atoms with Gasteiger partial charge in [-0.15, -0.1) is 0 Å². The molecule has 0 aliphatic rings. The summed E-state index contributed by atoms with van der Waals surface area (Å²) in [6.45, 7) is 5.88. The number of phenolic OH excluding ortho intramolecular Hbond substituents is 1. The molecule has 162 valence electrons. The van der Waals surface area contributed by atoms with Crippen LogP contribution in [0.1, 0.15) is 23.6 Å². The van der Waals surface area contributed by atoms with Crippen LogP contribution in [0.3, 0.4) is 0 Å². The van der Waals surface area contributed by atoms with Crippen LogP contribution in [0.25, 0.3) is 22.6 Å². The number of rotatable bonds is 6. The molecule has 0 unspecified atom stereocenters. The number of fused-ring (bicyclic) bond motifs is 1. The molecule has 0 aliphatic carbocycles. The molecule has 8 heteroatoms. The van der Waals surface area contributed by atoms with Gasteiger partial charge in [0.05, 0.1) is 23.3 Å². The summed E-state index contributed by atoms with van der Waals surface area (Å²) >= 11 is 0. The first-order valence-corrected chi connectivity index (χ1v) is 10.0. The van der Waals surface area contributed by atoms with E-state index in [0.717, 1.165) is 22.2 Å². The van der Waals surface area contributed by atoms with Crippen LogP contribution in [0.15, 0.2) is 57.9 Å². The van der Waals surface area contributed by atoms with Crippen LogP contribution in [0.4, 0.5) is 11.4 Å². The number of nitro benzene ring substituents is 1. The van der Waals surface area contributed by atoms with E-state index in [1.165, 1.54) is 18.3 Å². The Kier molecular flexibility index (Phi) is 5.59. The Labute approximate surface area is 184 Å². The van der Waals surface area contributed by atoms with Gasteiger partial charge >= 0.3 is 0 Å². The molecule has 0 spiro atoms. The summed E-state index contributed by atoms with van der Waals surface area (Å²) in [5, 5.41) is 21.7. The molecular weight excluding hydrogens is 410 g/mol. The Morgan fingerprint density at radius 3 is 2.78 bits per heavy atom. The van der Waals surface area contributed by atoms with Crippen molar-refractivity contribution in [3.8, 4) is 23.0 Å². The van der Waals surface area contributed by atoms with E-state index in [-0.39, 0.29) is 29.4 Å². The Morgan fingerprint density at radius 2 is 2.03 bits per heavy atom. The van der Waals surface area contributed by atoms with E-state index in [1.807, 2.05) is 44.2 Å². The fourth-order valence-corrected chi connectivity index (χ4v) is 3.37. The van der Waals surface area contributed by atoms with Crippen molar-refractivity contribution in [1.82, 2.24) is 4.98 Å². The van der Waals surface area contributed by atoms with E-state index in [0.29, 0.717) is 17.2 Å². The molecule has 32 heavy (non-hydrogen) atoms. The average molecular weight is 431 g/mol. The van der Waals surface area contributed by atoms with Gasteiger partial charge in [-0.3, -0.25) is 15.1 Å². The normalized spacial score (nSPS) is 11.3. The molecule has 0 saturated heterocycles. The summed E-state index contributed by atoms with van der Waals surface area (Å²) in [7, 11) is 0. The van der Waals surface area contributed by atoms with Gasteiger partial charge in [0.2, 0.25) is 5.89 Å². The first-order chi connectivity index (χ1) is 15.4. The maximum absolute atomic E-state index is 11.3. The number of aryl methyl sites for hydroxylation is 1. The van der Waals surface area contributed by atoms with Gasteiger partial charge in [-0.1, -0.05) is 12.1 Å². The first-order valence-electron chi connectivity index (χ1n) is 10.0. The van der Waals surface area contributed by atoms with E-state index in [2.05, 4.69) is 9.98 Å². The lowest BCUT2D eigenvalue weighted by Crippen LogP contribution is -1.97. The Balaban J connectivity index is 1.73. The lowest BCUT2D eigenvalue weighted by atomic mass is 10.1. The molecule has 0 bridgehead atoms. The predicted molar refractivity (Wildman–Crippen MR) is 122 cm³/mol. The number of non-ortho nitro benzene ring substituents is 1. The largest absolute Gasteiger partial charge is 0.504 e. The fraction of sp³-hybridized carbons (Fsp3) is 0.167. The highest BCUT2D eigenvalue weighted by Crippen LogP contribution is 2.35. The summed E-state index contributed by atoms with van der Waals surface area (Å²) in [6, 6.07) is 13.8. The number of hydrogen-bond acceptors (Lipinski definition) is 7. The zero-order chi connectivity index (χ0) is 22.8. The monoisotopic (exact) mass is 431 g/mol. The standard InChI is InChI=1S/C24H21N3O5/c1-4-31-22-12-17(27(29)30)11-16(23(22)28)13-25-19-7-5-6-18(15(19)3)24-26-20-10-14(2)8-9-21(20)32-24/h5-13,28H,4H2,1-3H3. The number of aliphatic imine (C=N–C) groups is 1. The number of oxazole rings is 1. The molecule has 1 aromatic heterocycles. The molecule has 0 saturated carbocycles. The first kappa shape index (κ1) is 21.0. The molecule has 0 radical (unpaired) electrons. The number of ether oxygens (including phenoxy) is 1. The average Bonchev–Trinajstić information content (AvgIpc) is 3.18. The maximum Gasteiger partial charge on any atom is 0.274 e. The topological polar surface area (TPSA) is 111 Å². The zero-order valence-corrected chi connectivity index (χ0v) is 17.8. The van der Waals surface area contributed by atoms with Gasteiger partial charge in [-0.2, -0.15) is 0 Å². The lowest BCUT2D eigenvalue weighted by molar-refractivity contribution is -0.385. The number of aromatic nitrogens is 1. The number of phenols is 1. The fourth-order valence-electron chi connectivity index (χ4n) is 3.37. The van der Waals surface area contributed by atoms with Gasteiger partial charge in [-0.05, 0) is 56.2 Å². The van der Waals surface area contributed by atoms with Gasteiger partial charge in [-0.25, -0.2) is 4.98 Å². The van der Waals surface area contributed by atoms with Crippen molar-refractivity contribution in [2.24, 2.45) is 4.99 Å². The van der Waals surface area contributed by atoms with Crippen molar-refractivity contribution in [3.05, 3.63) is 75.3 Å². The molecule has 8 nitrogen and oxygen atoms in total. The second-order valence-electron chi connectivity index (χ2n) is 7.27. The quantitative estimate of drug-likeness (QED) is 0.232. The summed E-state index contributed by atoms with van der Waals surface area (Å²) in [4.78, 5) is 19.8. The van der Waals surface area contributed by atoms with Crippen molar-refractivity contribution in [2.45, 2.75) is 20.8 Å². The second kappa shape index (κ2) is 8.50. The van der Waals surface area contributed by atoms with E-state index in [1.54, 1.807) is 13.0 Å². The minimum absolute atomic E-state index is 0.0374. The molecule has 0 atom stereocenters. The van der Waals surface area contributed by atoms with Crippen molar-refractivity contribution in [3.63, 3.8) is 0 Å². The molecule has 1 heterocycles. The number of benzene rings is 3. The smallest absolute Gasteiger partial charge is 0.274 e. The third kappa shape index (κ3) is 4.02. The number of hydrogen-bond donors (Lipinski definition) is 1. The summed E-state index contributed by atoms with van der Waals surface area (Å²) < 4.78 is 11.2. The van der Waals surface area contributed by atoms with E-state index >= 15 is 0 Å². The zero-order valence-electron chi connectivity index (χ0n) is 17.8. The van der Waals surface area contributed by atoms with Crippen molar-refractivity contribution in [1.29, 1.82) is 0 Å². The van der Waals surface area contributed by atoms with Crippen LogP contribution in [-0.2, 0) is 0 Å². The third-order valence-electron chi connectivity index (χ3n) is 5.02. The highest BCUT2D eigenvalue weighted by Gasteiger charge is 2.17. The van der Waals surface area contributed by atoms with Gasteiger partial charge < -0.3 is 14.3 Å². The van der Waals surface area contributed by atoms with Gasteiger partial charge in [0, 0.05) is 23.4 Å². The summed E-state index contributed by atoms with van der Waals surface area (Å²) in [6.07, 6.45) is 1.38. The highest BCUT2D eigenvalue weighted by molar-refractivity contribution is 5.89. The number of aromatic hydroxyl groups is 1. The van der Waals surface area contributed by atoms with Crippen LogP contribution in [0.5, 0.6) is 11.5 Å². The Morgan fingerprint density at radius 1 is 1.22 bits per heavy atom. The molecule has 1 N–H and O–H groups in total. The number of nitrogens with zero attached hydrogens (tertiary/aromatic N) is 3. The molecule has 0 fully saturated rings. The van der Waals surface area contributed by atoms with Gasteiger partial charge in [0.1, 0.15) is 5.52 Å². The lowest BCUT2D eigenvalue weighted by Gasteiger charge is -2.08. The van der Waals surface area contributed by atoms with E-state index < -0.39 is 4.92 Å². The third-order valence-corrected chi connectivity index (χ3v) is 5.02. The van der Waals surface area contributed by atoms with Crippen LogP contribution >= 0.6 is 0 Å². The van der Waals surface area contributed by atoms with Gasteiger partial charge in [0.15, 0.2) is 17.1 Å². The van der Waals surface area contributed by atoms with Crippen molar-refractivity contribution in [2.75, 3.05) is 6.61 Å². The van der Waals surface area contributed by atoms with Gasteiger partial charge in [0.25, 0.3) is 5.69 Å². The molecule has 0 amide bonds. The van der Waals surface area contributed by atoms with E-state index in [9.17, 15) is 15.2 Å². The molecular formula is C24H21N3O5. The van der Waals surface area contributed by atoms with Crippen LogP contribution in [0, 0.1) is 24.0 Å². The minimum Gasteiger partial charge on any atom is -0.504 e. The summed E-state index contributed by atoms with van der Waals surface area (Å²) in [5.41, 5.74) is 4.78. The van der Waals surface area contributed by atoms with Crippen LogP contribution in [0.2, 0.25) is 0 Å². The second-order valence-corrected chi connectivity index (χ2v) is 7.27. The summed E-state index contributed by atoms with van der Waals surface area (Å²) in [5.74, 6) is 0.316.